The van der Waals surface area contributed by atoms with Crippen molar-refractivity contribution in [1.82, 2.24) is 0 Å². The van der Waals surface area contributed by atoms with Crippen LogP contribution in [-0.2, 0) is 4.79 Å². The second-order valence-corrected chi connectivity index (χ2v) is 3.45. The van der Waals surface area contributed by atoms with E-state index in [0.29, 0.717) is 0 Å². The summed E-state index contributed by atoms with van der Waals surface area (Å²) in [5.74, 6) is -0.706. The molecular weight excluding hydrogens is 188 g/mol. The summed E-state index contributed by atoms with van der Waals surface area (Å²) >= 11 is 0. The van der Waals surface area contributed by atoms with Crippen molar-refractivity contribution in [2.75, 3.05) is 0 Å². The fourth-order valence-corrected chi connectivity index (χ4v) is 1.32. The summed E-state index contributed by atoms with van der Waals surface area (Å²) in [5, 5.41) is 8.43. The second kappa shape index (κ2) is 6.82. The maximum atomic E-state index is 10.2. The van der Waals surface area contributed by atoms with Crippen molar-refractivity contribution in [3.8, 4) is 0 Å². The highest BCUT2D eigenvalue weighted by molar-refractivity contribution is 5.66. The van der Waals surface area contributed by atoms with Crippen molar-refractivity contribution >= 4 is 12.0 Å². The number of hydrogen-bond donors (Lipinski definition) is 1. The molecule has 0 fully saturated rings. The molecule has 1 aromatic carbocycles. The normalized spacial score (nSPS) is 10.7. The molecule has 15 heavy (non-hydrogen) atoms. The number of carboxylic acid groups (broad SMARTS) is 1. The van der Waals surface area contributed by atoms with Gasteiger partial charge in [-0.25, -0.2) is 0 Å². The van der Waals surface area contributed by atoms with Gasteiger partial charge in [-0.2, -0.15) is 0 Å². The Morgan fingerprint density at radius 2 is 1.93 bits per heavy atom. The second-order valence-electron chi connectivity index (χ2n) is 3.45. The highest BCUT2D eigenvalue weighted by Crippen LogP contribution is 2.05. The lowest BCUT2D eigenvalue weighted by Crippen LogP contribution is -1.92. The molecule has 2 nitrogen and oxygen atoms in total. The third kappa shape index (κ3) is 5.68. The molecule has 0 unspecified atom stereocenters. The standard InChI is InChI=1S/C13H16O2/c14-13(15)11-7-2-1-4-8-12-9-5-3-6-10-12/h3-6,8-10H,1-2,7,11H2,(H,14,15)/b8-4+. The SMILES string of the molecule is O=C(O)CCCC/C=C/c1ccccc1. The minimum atomic E-state index is -0.706. The molecule has 0 aliphatic heterocycles. The molecular formula is C13H16O2. The molecule has 0 saturated carbocycles. The fourth-order valence-electron chi connectivity index (χ4n) is 1.32. The molecule has 0 aliphatic carbocycles. The average molecular weight is 204 g/mol. The third-order valence-electron chi connectivity index (χ3n) is 2.12. The monoisotopic (exact) mass is 204 g/mol. The number of unbranched alkanes of at least 4 members (excludes halogenated alkanes) is 2. The van der Waals surface area contributed by atoms with E-state index in [1.807, 2.05) is 30.3 Å². The number of carboxylic acids is 1. The molecule has 1 rings (SSSR count). The summed E-state index contributed by atoms with van der Waals surface area (Å²) in [7, 11) is 0. The van der Waals surface area contributed by atoms with Crippen LogP contribution in [0.3, 0.4) is 0 Å². The van der Waals surface area contributed by atoms with Crippen molar-refractivity contribution in [1.29, 1.82) is 0 Å². The number of rotatable bonds is 6. The summed E-state index contributed by atoms with van der Waals surface area (Å²) in [6.07, 6.45) is 7.09. The molecule has 0 amide bonds. The van der Waals surface area contributed by atoms with Gasteiger partial charge >= 0.3 is 5.97 Å². The molecule has 80 valence electrons. The van der Waals surface area contributed by atoms with Crippen LogP contribution in [0.15, 0.2) is 36.4 Å². The predicted octanol–water partition coefficient (Wildman–Crippen LogP) is 3.34. The fraction of sp³-hybridized carbons (Fsp3) is 0.308. The smallest absolute Gasteiger partial charge is 0.303 e. The zero-order valence-corrected chi connectivity index (χ0v) is 8.73. The molecule has 0 bridgehead atoms. The van der Waals surface area contributed by atoms with Crippen LogP contribution in [0.25, 0.3) is 6.08 Å². The Kier molecular flexibility index (Phi) is 5.23. The van der Waals surface area contributed by atoms with Gasteiger partial charge in [0.15, 0.2) is 0 Å². The van der Waals surface area contributed by atoms with Crippen LogP contribution in [0.1, 0.15) is 31.2 Å². The Bertz CT molecular complexity index is 315. The van der Waals surface area contributed by atoms with Crippen LogP contribution < -0.4 is 0 Å². The molecule has 0 radical (unpaired) electrons. The van der Waals surface area contributed by atoms with Gasteiger partial charge in [0.1, 0.15) is 0 Å². The van der Waals surface area contributed by atoms with E-state index in [-0.39, 0.29) is 6.42 Å². The third-order valence-corrected chi connectivity index (χ3v) is 2.12. The lowest BCUT2D eigenvalue weighted by atomic mass is 10.1. The van der Waals surface area contributed by atoms with Gasteiger partial charge in [-0.05, 0) is 24.8 Å². The Morgan fingerprint density at radius 3 is 2.60 bits per heavy atom. The van der Waals surface area contributed by atoms with E-state index < -0.39 is 5.97 Å². The Labute approximate surface area is 90.3 Å². The predicted molar refractivity (Wildman–Crippen MR) is 61.6 cm³/mol. The van der Waals surface area contributed by atoms with E-state index in [1.165, 1.54) is 5.56 Å². The first kappa shape index (κ1) is 11.5. The zero-order chi connectivity index (χ0) is 10.9. The van der Waals surface area contributed by atoms with E-state index in [9.17, 15) is 4.79 Å². The van der Waals surface area contributed by atoms with Gasteiger partial charge in [-0.3, -0.25) is 4.79 Å². The summed E-state index contributed by atoms with van der Waals surface area (Å²) in [6, 6.07) is 10.1. The number of carbonyl (C=O) groups is 1. The topological polar surface area (TPSA) is 37.3 Å². The van der Waals surface area contributed by atoms with Crippen LogP contribution in [0, 0.1) is 0 Å². The molecule has 0 atom stereocenters. The van der Waals surface area contributed by atoms with Crippen molar-refractivity contribution in [2.45, 2.75) is 25.7 Å². The Morgan fingerprint density at radius 1 is 1.20 bits per heavy atom. The lowest BCUT2D eigenvalue weighted by Gasteiger charge is -1.94. The quantitative estimate of drug-likeness (QED) is 0.721. The first-order valence-electron chi connectivity index (χ1n) is 5.22. The van der Waals surface area contributed by atoms with Crippen LogP contribution in [0.4, 0.5) is 0 Å². The molecule has 1 aromatic rings. The van der Waals surface area contributed by atoms with E-state index in [4.69, 9.17) is 5.11 Å². The van der Waals surface area contributed by atoms with E-state index in [2.05, 4.69) is 12.2 Å². The molecule has 0 aromatic heterocycles. The van der Waals surface area contributed by atoms with Crippen LogP contribution in [-0.4, -0.2) is 11.1 Å². The van der Waals surface area contributed by atoms with Crippen molar-refractivity contribution in [3.63, 3.8) is 0 Å². The number of aliphatic carboxylic acids is 1. The summed E-state index contributed by atoms with van der Waals surface area (Å²) in [4.78, 5) is 10.2. The molecule has 1 N–H and O–H groups in total. The highest BCUT2D eigenvalue weighted by Gasteiger charge is 1.94. The van der Waals surface area contributed by atoms with Gasteiger partial charge < -0.3 is 5.11 Å². The molecule has 0 spiro atoms. The maximum Gasteiger partial charge on any atom is 0.303 e. The molecule has 2 heteroatoms. The first-order chi connectivity index (χ1) is 7.29. The first-order valence-corrected chi connectivity index (χ1v) is 5.22. The van der Waals surface area contributed by atoms with Gasteiger partial charge in [0.05, 0.1) is 0 Å². The number of benzene rings is 1. The van der Waals surface area contributed by atoms with E-state index >= 15 is 0 Å². The minimum absolute atomic E-state index is 0.277. The van der Waals surface area contributed by atoms with Gasteiger partial charge in [-0.15, -0.1) is 0 Å². The van der Waals surface area contributed by atoms with E-state index in [0.717, 1.165) is 19.3 Å². The van der Waals surface area contributed by atoms with Gasteiger partial charge in [0.25, 0.3) is 0 Å². The average Bonchev–Trinajstić information content (AvgIpc) is 2.24. The largest absolute Gasteiger partial charge is 0.481 e. The minimum Gasteiger partial charge on any atom is -0.481 e. The van der Waals surface area contributed by atoms with E-state index in [1.54, 1.807) is 0 Å². The van der Waals surface area contributed by atoms with Gasteiger partial charge in [-0.1, -0.05) is 42.5 Å². The van der Waals surface area contributed by atoms with Crippen molar-refractivity contribution in [2.24, 2.45) is 0 Å². The highest BCUT2D eigenvalue weighted by atomic mass is 16.4. The summed E-state index contributed by atoms with van der Waals surface area (Å²) in [5.41, 5.74) is 1.19. The lowest BCUT2D eigenvalue weighted by molar-refractivity contribution is -0.137. The Hall–Kier alpha value is -1.57. The van der Waals surface area contributed by atoms with Gasteiger partial charge in [0, 0.05) is 6.42 Å². The molecule has 0 aliphatic rings. The summed E-state index contributed by atoms with van der Waals surface area (Å²) in [6.45, 7) is 0. The van der Waals surface area contributed by atoms with Crippen LogP contribution in [0.5, 0.6) is 0 Å². The van der Waals surface area contributed by atoms with Crippen molar-refractivity contribution in [3.05, 3.63) is 42.0 Å². The van der Waals surface area contributed by atoms with Crippen molar-refractivity contribution < 1.29 is 9.90 Å². The Balaban J connectivity index is 2.15. The summed E-state index contributed by atoms with van der Waals surface area (Å²) < 4.78 is 0. The molecule has 0 heterocycles. The van der Waals surface area contributed by atoms with Crippen LogP contribution >= 0.6 is 0 Å². The van der Waals surface area contributed by atoms with Gasteiger partial charge in [0.2, 0.25) is 0 Å². The molecule has 0 saturated heterocycles. The number of hydrogen-bond acceptors (Lipinski definition) is 1. The number of allylic oxidation sites excluding steroid dienone is 1. The maximum absolute atomic E-state index is 10.2. The van der Waals surface area contributed by atoms with Crippen LogP contribution in [0.2, 0.25) is 0 Å². The zero-order valence-electron chi connectivity index (χ0n) is 8.73.